The number of benzene rings is 1. The van der Waals surface area contributed by atoms with E-state index in [0.717, 1.165) is 10.6 Å². The molecule has 0 aliphatic heterocycles. The largest absolute Gasteiger partial charge is 0.465 e. The first kappa shape index (κ1) is 13.8. The lowest BCUT2D eigenvalue weighted by molar-refractivity contribution is 0.0599. The number of ether oxygens (including phenoxy) is 1. The van der Waals surface area contributed by atoms with Crippen molar-refractivity contribution >= 4 is 28.4 Å². The van der Waals surface area contributed by atoms with E-state index >= 15 is 0 Å². The maximum absolute atomic E-state index is 13.1. The highest BCUT2D eigenvalue weighted by Gasteiger charge is 2.24. The lowest BCUT2D eigenvalue weighted by Crippen LogP contribution is -2.28. The molecule has 0 atom stereocenters. The Morgan fingerprint density at radius 1 is 1.23 bits per heavy atom. The van der Waals surface area contributed by atoms with Crippen LogP contribution in [0.25, 0.3) is 16.7 Å². The Morgan fingerprint density at radius 2 is 1.92 bits per heavy atom. The van der Waals surface area contributed by atoms with Crippen molar-refractivity contribution in [3.05, 3.63) is 58.0 Å². The van der Waals surface area contributed by atoms with Gasteiger partial charge in [-0.1, -0.05) is 0 Å². The molecule has 3 rings (SSSR count). The van der Waals surface area contributed by atoms with E-state index in [-0.39, 0.29) is 16.7 Å². The van der Waals surface area contributed by atoms with Gasteiger partial charge in [0.05, 0.1) is 22.5 Å². The van der Waals surface area contributed by atoms with Crippen LogP contribution in [0.5, 0.6) is 0 Å². The highest BCUT2D eigenvalue weighted by atomic mass is 19.3. The molecule has 0 saturated carbocycles. The van der Waals surface area contributed by atoms with Crippen molar-refractivity contribution in [2.24, 2.45) is 0 Å². The topological polar surface area (TPSA) is 113 Å². The fourth-order valence-corrected chi connectivity index (χ4v) is 2.53. The van der Waals surface area contributed by atoms with Gasteiger partial charge in [-0.3, -0.25) is 9.36 Å². The number of nitrogen functional groups attached to an aromatic ring is 2. The van der Waals surface area contributed by atoms with Gasteiger partial charge in [0.1, 0.15) is 16.9 Å². The number of hydrogen-bond donors (Lipinski definition) is 2. The molecule has 0 aliphatic rings. The van der Waals surface area contributed by atoms with Crippen molar-refractivity contribution < 1.29 is 22.4 Å². The summed E-state index contributed by atoms with van der Waals surface area (Å²) in [5.41, 5.74) is 8.93. The third kappa shape index (κ3) is 2.73. The van der Waals surface area contributed by atoms with Gasteiger partial charge in [0, 0.05) is 11.1 Å². The number of methoxy groups -OCH3 is 1. The molecule has 4 N–H and O–H groups in total. The highest BCUT2D eigenvalue weighted by Crippen LogP contribution is 2.27. The maximum atomic E-state index is 13.1. The quantitative estimate of drug-likeness (QED) is 0.545. The van der Waals surface area contributed by atoms with E-state index in [1.54, 1.807) is 0 Å². The number of pyridine rings is 2. The van der Waals surface area contributed by atoms with Crippen LogP contribution in [0.4, 0.5) is 20.2 Å². The average Bonchev–Trinajstić information content (AvgIpc) is 2.61. The third-order valence-corrected chi connectivity index (χ3v) is 3.76. The fraction of sp³-hybridized carbons (Fsp3) is 0.118. The van der Waals surface area contributed by atoms with Crippen LogP contribution < -0.4 is 17.0 Å². The van der Waals surface area contributed by atoms with Gasteiger partial charge in [0.15, 0.2) is 0 Å². The molecule has 2 heterocycles. The number of hydrogen-bond acceptors (Lipinski definition) is 6. The molecule has 0 spiro atoms. The zero-order chi connectivity index (χ0) is 21.5. The first-order chi connectivity index (χ1) is 13.5. The lowest BCUT2D eigenvalue weighted by atomic mass is 10.1. The number of carbonyl (C=O) groups is 1. The zero-order valence-electron chi connectivity index (χ0n) is 16.1. The SMILES string of the molecule is [2H]C([2H])([2H])OC(=O)c1c(N)c2ccc(C(F)F)nc2n(-c2ccc(N)cc2)c1=O. The molecule has 26 heavy (non-hydrogen) atoms. The second-order valence-electron chi connectivity index (χ2n) is 5.32. The van der Waals surface area contributed by atoms with Gasteiger partial charge in [0.25, 0.3) is 12.0 Å². The summed E-state index contributed by atoms with van der Waals surface area (Å²) in [6, 6.07) is 7.85. The molecule has 7 nitrogen and oxygen atoms in total. The predicted octanol–water partition coefficient (Wildman–Crippen LogP) is 2.27. The van der Waals surface area contributed by atoms with E-state index in [4.69, 9.17) is 15.6 Å². The van der Waals surface area contributed by atoms with Crippen LogP contribution in [0.2, 0.25) is 0 Å². The maximum Gasteiger partial charge on any atom is 0.345 e. The number of aromatic nitrogens is 2. The number of nitrogens with two attached hydrogens (primary N) is 2. The summed E-state index contributed by atoms with van der Waals surface area (Å²) in [5.74, 6) is -1.48. The van der Waals surface area contributed by atoms with Gasteiger partial charge in [0.2, 0.25) is 0 Å². The van der Waals surface area contributed by atoms with Gasteiger partial charge in [-0.05, 0) is 36.4 Å². The molecule has 0 bridgehead atoms. The molecular weight excluding hydrogens is 346 g/mol. The Balaban J connectivity index is 2.40. The number of anilines is 2. The van der Waals surface area contributed by atoms with Gasteiger partial charge in [-0.15, -0.1) is 0 Å². The molecule has 0 aliphatic carbocycles. The van der Waals surface area contributed by atoms with Gasteiger partial charge in [-0.2, -0.15) is 0 Å². The lowest BCUT2D eigenvalue weighted by Gasteiger charge is -2.15. The number of rotatable bonds is 3. The van der Waals surface area contributed by atoms with Crippen LogP contribution in [-0.4, -0.2) is 22.6 Å². The minimum absolute atomic E-state index is 0.0108. The van der Waals surface area contributed by atoms with Crippen LogP contribution in [-0.2, 0) is 4.74 Å². The van der Waals surface area contributed by atoms with Gasteiger partial charge >= 0.3 is 5.97 Å². The number of esters is 1. The summed E-state index contributed by atoms with van der Waals surface area (Å²) in [6.07, 6.45) is -2.92. The second-order valence-corrected chi connectivity index (χ2v) is 5.32. The molecule has 2 aromatic heterocycles. The van der Waals surface area contributed by atoms with Crippen molar-refractivity contribution in [3.63, 3.8) is 0 Å². The number of alkyl halides is 2. The van der Waals surface area contributed by atoms with E-state index in [1.165, 1.54) is 30.3 Å². The van der Waals surface area contributed by atoms with Crippen molar-refractivity contribution in [2.75, 3.05) is 18.5 Å². The summed E-state index contributed by atoms with van der Waals surface area (Å²) in [7, 11) is -3.12. The van der Waals surface area contributed by atoms with Crippen LogP contribution in [0.3, 0.4) is 0 Å². The molecule has 0 radical (unpaired) electrons. The molecule has 0 fully saturated rings. The fourth-order valence-electron chi connectivity index (χ4n) is 2.53. The van der Waals surface area contributed by atoms with Crippen LogP contribution >= 0.6 is 0 Å². The summed E-state index contributed by atoms with van der Waals surface area (Å²) < 4.78 is 52.7. The smallest absolute Gasteiger partial charge is 0.345 e. The average molecular weight is 363 g/mol. The third-order valence-electron chi connectivity index (χ3n) is 3.76. The Labute approximate surface area is 150 Å². The summed E-state index contributed by atoms with van der Waals surface area (Å²) >= 11 is 0. The Kier molecular flexibility index (Phi) is 3.40. The number of nitrogens with zero attached hydrogens (tertiary/aromatic N) is 2. The minimum Gasteiger partial charge on any atom is -0.465 e. The van der Waals surface area contributed by atoms with Crippen molar-refractivity contribution in [3.8, 4) is 5.69 Å². The van der Waals surface area contributed by atoms with E-state index in [9.17, 15) is 18.4 Å². The van der Waals surface area contributed by atoms with E-state index < -0.39 is 41.9 Å². The first-order valence-electron chi connectivity index (χ1n) is 8.72. The molecule has 1 aromatic carbocycles. The molecular formula is C17H14F2N4O3. The molecule has 3 aromatic rings. The highest BCUT2D eigenvalue weighted by molar-refractivity contribution is 6.03. The van der Waals surface area contributed by atoms with Crippen LogP contribution in [0.15, 0.2) is 41.2 Å². The minimum atomic E-state index is -3.12. The molecule has 0 unspecified atom stereocenters. The number of carbonyl (C=O) groups excluding carboxylic acids is 1. The Hall–Kier alpha value is -3.49. The van der Waals surface area contributed by atoms with Crippen molar-refractivity contribution in [1.82, 2.24) is 9.55 Å². The standard InChI is InChI=1S/C17H14F2N4O3/c1-26-17(25)12-13(21)10-6-7-11(14(18)19)22-15(10)23(16(12)24)9-4-2-8(20)3-5-9/h2-7,14H,20-21H2,1H3/i1D3. The zero-order valence-corrected chi connectivity index (χ0v) is 13.1. The number of halogens is 2. The van der Waals surface area contributed by atoms with Crippen molar-refractivity contribution in [2.45, 2.75) is 6.43 Å². The number of fused-ring (bicyclic) bond motifs is 1. The second kappa shape index (κ2) is 6.43. The Bertz CT molecular complexity index is 1160. The summed E-state index contributed by atoms with van der Waals surface area (Å²) in [6.45, 7) is 0. The predicted molar refractivity (Wildman–Crippen MR) is 92.5 cm³/mol. The van der Waals surface area contributed by atoms with Crippen LogP contribution in [0, 0.1) is 0 Å². The normalized spacial score (nSPS) is 13.3. The first-order valence-corrected chi connectivity index (χ1v) is 7.22. The molecule has 0 amide bonds. The molecule has 0 saturated heterocycles. The monoisotopic (exact) mass is 363 g/mol. The summed E-state index contributed by atoms with van der Waals surface area (Å²) in [5, 5.41) is -0.0108. The van der Waals surface area contributed by atoms with E-state index in [2.05, 4.69) is 9.72 Å². The molecule has 134 valence electrons. The van der Waals surface area contributed by atoms with Crippen molar-refractivity contribution in [1.29, 1.82) is 0 Å². The van der Waals surface area contributed by atoms with E-state index in [0.29, 0.717) is 5.69 Å². The van der Waals surface area contributed by atoms with Gasteiger partial charge < -0.3 is 16.2 Å². The summed E-state index contributed by atoms with van der Waals surface area (Å²) in [4.78, 5) is 29.2. The Morgan fingerprint density at radius 3 is 2.54 bits per heavy atom. The molecule has 9 heteroatoms. The van der Waals surface area contributed by atoms with E-state index in [1.807, 2.05) is 0 Å². The van der Waals surface area contributed by atoms with Gasteiger partial charge in [-0.25, -0.2) is 18.6 Å². The van der Waals surface area contributed by atoms with Crippen LogP contribution in [0.1, 0.15) is 26.6 Å².